The van der Waals surface area contributed by atoms with E-state index in [4.69, 9.17) is 0 Å². The molecular weight excluding hydrogens is 212 g/mol. The van der Waals surface area contributed by atoms with Crippen LogP contribution in [0.4, 0.5) is 0 Å². The van der Waals surface area contributed by atoms with Crippen molar-refractivity contribution in [2.24, 2.45) is 17.3 Å². The Morgan fingerprint density at radius 3 is 2.41 bits per heavy atom. The van der Waals surface area contributed by atoms with E-state index in [9.17, 15) is 10.2 Å². The second-order valence-electron chi connectivity index (χ2n) is 7.62. The molecule has 0 bridgehead atoms. The SMILES string of the molecule is CC(C)(O)CCCC1(C)C2CCC(C)(O)CC21. The standard InChI is InChI=1S/C15H28O2/c1-13(2,16)7-5-8-15(4)11-6-9-14(3,17)10-12(11)15/h11-12,16-17H,5-10H2,1-4H3. The van der Waals surface area contributed by atoms with Gasteiger partial charge >= 0.3 is 0 Å². The van der Waals surface area contributed by atoms with E-state index in [0.717, 1.165) is 37.5 Å². The Hall–Kier alpha value is -0.0800. The molecule has 0 aliphatic heterocycles. The van der Waals surface area contributed by atoms with Crippen LogP contribution in [0.5, 0.6) is 0 Å². The first-order chi connectivity index (χ1) is 7.64. The van der Waals surface area contributed by atoms with Gasteiger partial charge < -0.3 is 10.2 Å². The Kier molecular flexibility index (Phi) is 3.11. The van der Waals surface area contributed by atoms with E-state index < -0.39 is 11.2 Å². The summed E-state index contributed by atoms with van der Waals surface area (Å²) in [4.78, 5) is 0. The minimum Gasteiger partial charge on any atom is -0.390 e. The third-order valence-corrected chi connectivity index (χ3v) is 5.23. The first-order valence-corrected chi connectivity index (χ1v) is 7.09. The fourth-order valence-corrected chi connectivity index (χ4v) is 3.99. The molecule has 2 heteroatoms. The molecule has 0 aromatic heterocycles. The van der Waals surface area contributed by atoms with E-state index in [0.29, 0.717) is 5.41 Å². The summed E-state index contributed by atoms with van der Waals surface area (Å²) in [7, 11) is 0. The lowest BCUT2D eigenvalue weighted by Crippen LogP contribution is -2.28. The van der Waals surface area contributed by atoms with Crippen molar-refractivity contribution in [3.63, 3.8) is 0 Å². The van der Waals surface area contributed by atoms with Gasteiger partial charge in [0.25, 0.3) is 0 Å². The van der Waals surface area contributed by atoms with Crippen LogP contribution in [0.3, 0.4) is 0 Å². The molecule has 17 heavy (non-hydrogen) atoms. The lowest BCUT2D eigenvalue weighted by molar-refractivity contribution is 0.0176. The number of fused-ring (bicyclic) bond motifs is 1. The highest BCUT2D eigenvalue weighted by molar-refractivity contribution is 5.12. The van der Waals surface area contributed by atoms with Crippen LogP contribution in [0.2, 0.25) is 0 Å². The summed E-state index contributed by atoms with van der Waals surface area (Å²) >= 11 is 0. The molecule has 0 radical (unpaired) electrons. The Balaban J connectivity index is 1.83. The average Bonchev–Trinajstić information content (AvgIpc) is 2.66. The summed E-state index contributed by atoms with van der Waals surface area (Å²) in [5.41, 5.74) is -0.497. The predicted molar refractivity (Wildman–Crippen MR) is 69.7 cm³/mol. The second-order valence-corrected chi connectivity index (χ2v) is 7.62. The summed E-state index contributed by atoms with van der Waals surface area (Å²) in [6, 6.07) is 0. The van der Waals surface area contributed by atoms with Gasteiger partial charge in [-0.2, -0.15) is 0 Å². The summed E-state index contributed by atoms with van der Waals surface area (Å²) in [6.07, 6.45) is 6.35. The van der Waals surface area contributed by atoms with Crippen LogP contribution >= 0.6 is 0 Å². The van der Waals surface area contributed by atoms with Crippen molar-refractivity contribution in [3.8, 4) is 0 Å². The molecule has 4 unspecified atom stereocenters. The maximum atomic E-state index is 10.1. The molecule has 2 aliphatic rings. The molecule has 0 aromatic carbocycles. The Bertz CT molecular complexity index is 290. The van der Waals surface area contributed by atoms with Gasteiger partial charge in [0.1, 0.15) is 0 Å². The first-order valence-electron chi connectivity index (χ1n) is 7.09. The van der Waals surface area contributed by atoms with Crippen molar-refractivity contribution in [1.29, 1.82) is 0 Å². The number of rotatable bonds is 4. The van der Waals surface area contributed by atoms with E-state index >= 15 is 0 Å². The third-order valence-electron chi connectivity index (χ3n) is 5.23. The predicted octanol–water partition coefficient (Wildman–Crippen LogP) is 3.11. The van der Waals surface area contributed by atoms with Crippen molar-refractivity contribution in [2.45, 2.75) is 77.4 Å². The van der Waals surface area contributed by atoms with Crippen LogP contribution in [0.1, 0.15) is 66.2 Å². The summed E-state index contributed by atoms with van der Waals surface area (Å²) < 4.78 is 0. The molecule has 2 nitrogen and oxygen atoms in total. The van der Waals surface area contributed by atoms with E-state index in [1.165, 1.54) is 12.8 Å². The minimum absolute atomic E-state index is 0.421. The van der Waals surface area contributed by atoms with E-state index in [2.05, 4.69) is 6.92 Å². The fraction of sp³-hybridized carbons (Fsp3) is 1.00. The van der Waals surface area contributed by atoms with Crippen LogP contribution in [0, 0.1) is 17.3 Å². The number of hydrogen-bond donors (Lipinski definition) is 2. The quantitative estimate of drug-likeness (QED) is 0.792. The smallest absolute Gasteiger partial charge is 0.0622 e. The number of hydrogen-bond acceptors (Lipinski definition) is 2. The van der Waals surface area contributed by atoms with Gasteiger partial charge in [-0.05, 0) is 70.1 Å². The average molecular weight is 240 g/mol. The highest BCUT2D eigenvalue weighted by atomic mass is 16.3. The molecule has 2 N–H and O–H groups in total. The molecule has 100 valence electrons. The Labute approximate surface area is 105 Å². The monoisotopic (exact) mass is 240 g/mol. The van der Waals surface area contributed by atoms with Crippen LogP contribution in [0.25, 0.3) is 0 Å². The molecule has 2 saturated carbocycles. The molecular formula is C15H28O2. The molecule has 0 heterocycles. The molecule has 2 aliphatic carbocycles. The Morgan fingerprint density at radius 2 is 1.88 bits per heavy atom. The van der Waals surface area contributed by atoms with Crippen LogP contribution in [-0.2, 0) is 0 Å². The van der Waals surface area contributed by atoms with Gasteiger partial charge in [-0.25, -0.2) is 0 Å². The Morgan fingerprint density at radius 1 is 1.24 bits per heavy atom. The van der Waals surface area contributed by atoms with E-state index in [-0.39, 0.29) is 0 Å². The second kappa shape index (κ2) is 3.96. The lowest BCUT2D eigenvalue weighted by Gasteiger charge is -2.26. The van der Waals surface area contributed by atoms with Gasteiger partial charge in [-0.3, -0.25) is 0 Å². The van der Waals surface area contributed by atoms with Crippen molar-refractivity contribution in [1.82, 2.24) is 0 Å². The van der Waals surface area contributed by atoms with Gasteiger partial charge in [0, 0.05) is 0 Å². The molecule has 4 atom stereocenters. The maximum absolute atomic E-state index is 10.1. The van der Waals surface area contributed by atoms with Gasteiger partial charge in [-0.15, -0.1) is 0 Å². The van der Waals surface area contributed by atoms with Crippen molar-refractivity contribution in [2.75, 3.05) is 0 Å². The zero-order valence-corrected chi connectivity index (χ0v) is 11.8. The lowest BCUT2D eigenvalue weighted by atomic mass is 9.86. The van der Waals surface area contributed by atoms with Crippen LogP contribution in [-0.4, -0.2) is 21.4 Å². The molecule has 0 amide bonds. The van der Waals surface area contributed by atoms with E-state index in [1.54, 1.807) is 0 Å². The summed E-state index contributed by atoms with van der Waals surface area (Å²) in [5.74, 6) is 1.57. The number of aliphatic hydroxyl groups is 2. The van der Waals surface area contributed by atoms with Crippen LogP contribution < -0.4 is 0 Å². The van der Waals surface area contributed by atoms with Crippen molar-refractivity contribution in [3.05, 3.63) is 0 Å². The third kappa shape index (κ3) is 2.85. The summed E-state index contributed by atoms with van der Waals surface area (Å²) in [5, 5.41) is 19.9. The van der Waals surface area contributed by atoms with Gasteiger partial charge in [0.2, 0.25) is 0 Å². The fourth-order valence-electron chi connectivity index (χ4n) is 3.99. The highest BCUT2D eigenvalue weighted by Gasteiger charge is 2.63. The zero-order valence-electron chi connectivity index (χ0n) is 11.8. The summed E-state index contributed by atoms with van der Waals surface area (Å²) in [6.45, 7) is 8.15. The van der Waals surface area contributed by atoms with E-state index in [1.807, 2.05) is 20.8 Å². The molecule has 0 saturated heterocycles. The van der Waals surface area contributed by atoms with Gasteiger partial charge in [-0.1, -0.05) is 13.3 Å². The van der Waals surface area contributed by atoms with Crippen molar-refractivity contribution < 1.29 is 10.2 Å². The van der Waals surface area contributed by atoms with Crippen molar-refractivity contribution >= 4 is 0 Å². The molecule has 0 aromatic rings. The highest BCUT2D eigenvalue weighted by Crippen LogP contribution is 2.68. The molecule has 0 spiro atoms. The maximum Gasteiger partial charge on any atom is 0.0622 e. The molecule has 2 fully saturated rings. The minimum atomic E-state index is -0.526. The zero-order chi connectivity index (χ0) is 12.9. The largest absolute Gasteiger partial charge is 0.390 e. The topological polar surface area (TPSA) is 40.5 Å². The molecule has 2 rings (SSSR count). The first kappa shape index (κ1) is 13.4. The van der Waals surface area contributed by atoms with Crippen LogP contribution in [0.15, 0.2) is 0 Å². The normalized spacial score (nSPS) is 45.5. The van der Waals surface area contributed by atoms with Gasteiger partial charge in [0.05, 0.1) is 11.2 Å². The van der Waals surface area contributed by atoms with Gasteiger partial charge in [0.15, 0.2) is 0 Å².